The molecule has 0 unspecified atom stereocenters. The number of hydrogen-bond donors (Lipinski definition) is 3. The molecule has 3 N–H and O–H groups in total. The zero-order valence-corrected chi connectivity index (χ0v) is 16.4. The molecular weight excluding hydrogens is 402 g/mol. The van der Waals surface area contributed by atoms with Gasteiger partial charge in [-0.25, -0.2) is 0 Å². The summed E-state index contributed by atoms with van der Waals surface area (Å²) in [4.78, 5) is 51.7. The lowest BCUT2D eigenvalue weighted by atomic mass is 9.76. The Morgan fingerprint density at radius 3 is 2.76 bits per heavy atom. The first-order chi connectivity index (χ1) is 13.8. The molecular formula is C19H20ClN3O6. The Morgan fingerprint density at radius 1 is 1.31 bits per heavy atom. The van der Waals surface area contributed by atoms with E-state index in [1.165, 1.54) is 7.11 Å². The zero-order valence-electron chi connectivity index (χ0n) is 15.6. The third-order valence-corrected chi connectivity index (χ3v) is 6.19. The number of rotatable bonds is 6. The lowest BCUT2D eigenvalue weighted by molar-refractivity contribution is -0.144. The minimum atomic E-state index is -1.47. The molecule has 2 saturated heterocycles. The summed E-state index contributed by atoms with van der Waals surface area (Å²) in [6, 6.07) is 4.24. The third-order valence-electron chi connectivity index (χ3n) is 5.96. The van der Waals surface area contributed by atoms with Crippen molar-refractivity contribution in [2.75, 3.05) is 25.6 Å². The van der Waals surface area contributed by atoms with Crippen molar-refractivity contribution in [2.24, 2.45) is 11.8 Å². The summed E-state index contributed by atoms with van der Waals surface area (Å²) in [5.74, 6) is -4.17. The van der Waals surface area contributed by atoms with Gasteiger partial charge in [-0.15, -0.1) is 0 Å². The van der Waals surface area contributed by atoms with Gasteiger partial charge in [0.15, 0.2) is 0 Å². The number of imide groups is 1. The number of nitrogens with zero attached hydrogens (tertiary/aromatic N) is 1. The number of amides is 3. The summed E-state index contributed by atoms with van der Waals surface area (Å²) in [5.41, 5.74) is -0.458. The van der Waals surface area contributed by atoms with E-state index >= 15 is 0 Å². The van der Waals surface area contributed by atoms with E-state index in [9.17, 15) is 19.2 Å². The van der Waals surface area contributed by atoms with Gasteiger partial charge in [-0.1, -0.05) is 11.6 Å². The second-order valence-corrected chi connectivity index (χ2v) is 7.90. The summed E-state index contributed by atoms with van der Waals surface area (Å²) >= 11 is 6.15. The van der Waals surface area contributed by atoms with E-state index in [0.29, 0.717) is 16.3 Å². The second-order valence-electron chi connectivity index (χ2n) is 7.46. The Kier molecular flexibility index (Phi) is 4.84. The molecule has 0 aliphatic carbocycles. The van der Waals surface area contributed by atoms with Crippen LogP contribution in [0.25, 0.3) is 0 Å². The first-order valence-electron chi connectivity index (χ1n) is 9.26. The van der Waals surface area contributed by atoms with Crippen LogP contribution < -0.4 is 10.6 Å². The van der Waals surface area contributed by atoms with Gasteiger partial charge in [0.25, 0.3) is 0 Å². The number of carboxylic acid groups (broad SMARTS) is 1. The Morgan fingerprint density at radius 2 is 2.07 bits per heavy atom. The van der Waals surface area contributed by atoms with Crippen LogP contribution in [0.1, 0.15) is 18.4 Å². The number of halogens is 1. The highest BCUT2D eigenvalue weighted by Gasteiger charge is 2.70. The number of carbonyl (C=O) groups is 4. The monoisotopic (exact) mass is 421 g/mol. The fourth-order valence-electron chi connectivity index (χ4n) is 4.76. The third kappa shape index (κ3) is 2.84. The van der Waals surface area contributed by atoms with Crippen molar-refractivity contribution < 1.29 is 29.0 Å². The van der Waals surface area contributed by atoms with Crippen LogP contribution in [0.15, 0.2) is 18.2 Å². The van der Waals surface area contributed by atoms with Crippen molar-refractivity contribution in [1.82, 2.24) is 10.2 Å². The molecule has 3 amide bonds. The quantitative estimate of drug-likeness (QED) is 0.573. The lowest BCUT2D eigenvalue weighted by Crippen LogP contribution is -2.53. The number of anilines is 1. The van der Waals surface area contributed by atoms with E-state index in [1.54, 1.807) is 18.2 Å². The number of aliphatic carboxylic acids is 1. The van der Waals surface area contributed by atoms with E-state index in [2.05, 4.69) is 10.6 Å². The van der Waals surface area contributed by atoms with Gasteiger partial charge in [0.2, 0.25) is 17.7 Å². The number of likely N-dealkylation sites (tertiary alicyclic amines) is 1. The highest BCUT2D eigenvalue weighted by molar-refractivity contribution is 6.31. The molecule has 3 aliphatic rings. The minimum absolute atomic E-state index is 0.0763. The molecule has 1 spiro atoms. The molecule has 1 aromatic carbocycles. The second kappa shape index (κ2) is 7.08. The van der Waals surface area contributed by atoms with Crippen LogP contribution in [-0.4, -0.2) is 60.0 Å². The molecule has 9 nitrogen and oxygen atoms in total. The molecule has 2 fully saturated rings. The first-order valence-corrected chi connectivity index (χ1v) is 9.64. The summed E-state index contributed by atoms with van der Waals surface area (Å²) in [5, 5.41) is 15.4. The Hall–Kier alpha value is -2.49. The fraction of sp³-hybridized carbons (Fsp3) is 0.474. The number of methoxy groups -OCH3 is 1. The fourth-order valence-corrected chi connectivity index (χ4v) is 4.94. The van der Waals surface area contributed by atoms with Crippen LogP contribution in [0, 0.1) is 11.8 Å². The van der Waals surface area contributed by atoms with Crippen LogP contribution in [-0.2, 0) is 29.5 Å². The predicted molar refractivity (Wildman–Crippen MR) is 101 cm³/mol. The normalized spacial score (nSPS) is 30.1. The van der Waals surface area contributed by atoms with Crippen molar-refractivity contribution in [3.8, 4) is 0 Å². The van der Waals surface area contributed by atoms with Gasteiger partial charge in [-0.05, 0) is 24.6 Å². The Labute approximate surface area is 171 Å². The number of carboxylic acids is 1. The van der Waals surface area contributed by atoms with E-state index in [0.717, 1.165) is 4.90 Å². The molecule has 0 bridgehead atoms. The van der Waals surface area contributed by atoms with E-state index in [1.807, 2.05) is 0 Å². The SMILES string of the molecule is COCCN1C(=O)[C@@H]2[C@H](CCC(=O)O)N[C@@]3(C(=O)Nc4ccc(Cl)cc43)[C@@H]2C1=O. The van der Waals surface area contributed by atoms with Gasteiger partial charge >= 0.3 is 5.97 Å². The van der Waals surface area contributed by atoms with Gasteiger partial charge in [0.05, 0.1) is 25.0 Å². The molecule has 1 aromatic rings. The Bertz CT molecular complexity index is 921. The number of hydrogen-bond acceptors (Lipinski definition) is 6. The molecule has 3 aliphatic heterocycles. The molecule has 0 aromatic heterocycles. The van der Waals surface area contributed by atoms with Crippen molar-refractivity contribution in [2.45, 2.75) is 24.4 Å². The average Bonchev–Trinajstić information content (AvgIpc) is 3.24. The largest absolute Gasteiger partial charge is 0.481 e. The summed E-state index contributed by atoms with van der Waals surface area (Å²) in [6.07, 6.45) is -0.0842. The van der Waals surface area contributed by atoms with E-state index in [4.69, 9.17) is 21.4 Å². The van der Waals surface area contributed by atoms with Gasteiger partial charge in [0, 0.05) is 35.8 Å². The van der Waals surface area contributed by atoms with Crippen LogP contribution in [0.5, 0.6) is 0 Å². The van der Waals surface area contributed by atoms with Gasteiger partial charge < -0.3 is 15.2 Å². The number of fused-ring (bicyclic) bond motifs is 4. The number of carbonyl (C=O) groups excluding carboxylic acids is 3. The van der Waals surface area contributed by atoms with E-state index in [-0.39, 0.29) is 26.0 Å². The van der Waals surface area contributed by atoms with Gasteiger partial charge in [0.1, 0.15) is 5.54 Å². The van der Waals surface area contributed by atoms with Crippen LogP contribution in [0.4, 0.5) is 5.69 Å². The highest BCUT2D eigenvalue weighted by Crippen LogP contribution is 2.53. The smallest absolute Gasteiger partial charge is 0.303 e. The van der Waals surface area contributed by atoms with Crippen LogP contribution in [0.3, 0.4) is 0 Å². The highest BCUT2D eigenvalue weighted by atomic mass is 35.5. The van der Waals surface area contributed by atoms with Crippen molar-refractivity contribution in [3.63, 3.8) is 0 Å². The molecule has 4 atom stereocenters. The maximum absolute atomic E-state index is 13.3. The summed E-state index contributed by atoms with van der Waals surface area (Å²) in [6.45, 7) is 0.249. The van der Waals surface area contributed by atoms with Crippen molar-refractivity contribution in [3.05, 3.63) is 28.8 Å². The predicted octanol–water partition coefficient (Wildman–Crippen LogP) is 0.572. The molecule has 10 heteroatoms. The molecule has 0 saturated carbocycles. The van der Waals surface area contributed by atoms with Gasteiger partial charge in [-0.2, -0.15) is 0 Å². The van der Waals surface area contributed by atoms with Gasteiger partial charge in [-0.3, -0.25) is 29.4 Å². The maximum atomic E-state index is 13.3. The number of benzene rings is 1. The zero-order chi connectivity index (χ0) is 20.9. The maximum Gasteiger partial charge on any atom is 0.303 e. The van der Waals surface area contributed by atoms with E-state index < -0.39 is 47.1 Å². The van der Waals surface area contributed by atoms with Crippen LogP contribution in [0.2, 0.25) is 5.02 Å². The Balaban J connectivity index is 1.81. The minimum Gasteiger partial charge on any atom is -0.481 e. The molecule has 3 heterocycles. The summed E-state index contributed by atoms with van der Waals surface area (Å²) in [7, 11) is 1.47. The summed E-state index contributed by atoms with van der Waals surface area (Å²) < 4.78 is 5.00. The number of ether oxygens (including phenoxy) is 1. The van der Waals surface area contributed by atoms with Crippen molar-refractivity contribution >= 4 is 41.0 Å². The number of nitrogens with one attached hydrogen (secondary N) is 2. The molecule has 0 radical (unpaired) electrons. The van der Waals surface area contributed by atoms with Crippen molar-refractivity contribution in [1.29, 1.82) is 0 Å². The molecule has 4 rings (SSSR count). The standard InChI is InChI=1S/C19H20ClN3O6/c1-29-7-6-23-16(26)14-12(4-5-13(24)25)22-19(15(14)17(23)27)10-8-9(20)2-3-11(10)21-18(19)28/h2-3,8,12,14-15,22H,4-7H2,1H3,(H,21,28)(H,24,25)/t12-,14+,15-,19+/m0/s1. The average molecular weight is 422 g/mol. The van der Waals surface area contributed by atoms with Crippen LogP contribution >= 0.6 is 11.6 Å². The molecule has 154 valence electrons. The lowest BCUT2D eigenvalue weighted by Gasteiger charge is -2.29. The topological polar surface area (TPSA) is 125 Å². The molecule has 29 heavy (non-hydrogen) atoms. The first kappa shape index (κ1) is 19.8.